The summed E-state index contributed by atoms with van der Waals surface area (Å²) in [7, 11) is 2.09. The van der Waals surface area contributed by atoms with Crippen molar-refractivity contribution >= 4 is 0 Å². The van der Waals surface area contributed by atoms with E-state index < -0.39 is 0 Å². The molecule has 1 unspecified atom stereocenters. The predicted molar refractivity (Wildman–Crippen MR) is 69.6 cm³/mol. The summed E-state index contributed by atoms with van der Waals surface area (Å²) in [6, 6.07) is 9.31. The zero-order valence-corrected chi connectivity index (χ0v) is 10.5. The van der Waals surface area contributed by atoms with Crippen molar-refractivity contribution in [1.82, 2.24) is 5.32 Å². The van der Waals surface area contributed by atoms with E-state index in [0.29, 0.717) is 6.04 Å². The van der Waals surface area contributed by atoms with Crippen molar-refractivity contribution in [1.29, 1.82) is 0 Å². The van der Waals surface area contributed by atoms with Crippen molar-refractivity contribution in [2.24, 2.45) is 5.92 Å². The maximum atomic E-state index is 3.49. The SMILES string of the molecule is CNC(CC1CCCC1)c1ccccc1C. The first-order chi connectivity index (χ1) is 7.81. The number of aryl methyl sites for hydroxylation is 1. The number of nitrogens with one attached hydrogen (secondary N) is 1. The predicted octanol–water partition coefficient (Wildman–Crippen LogP) is 3.84. The van der Waals surface area contributed by atoms with Crippen LogP contribution < -0.4 is 5.32 Å². The fourth-order valence-electron chi connectivity index (χ4n) is 2.96. The van der Waals surface area contributed by atoms with E-state index in [4.69, 9.17) is 0 Å². The molecule has 1 atom stereocenters. The van der Waals surface area contributed by atoms with E-state index >= 15 is 0 Å². The smallest absolute Gasteiger partial charge is 0.0322 e. The highest BCUT2D eigenvalue weighted by Gasteiger charge is 2.20. The standard InChI is InChI=1S/C15H23N/c1-12-7-3-6-10-14(12)15(16-2)11-13-8-4-5-9-13/h3,6-7,10,13,15-16H,4-5,8-9,11H2,1-2H3. The zero-order chi connectivity index (χ0) is 11.4. The van der Waals surface area contributed by atoms with E-state index in [9.17, 15) is 0 Å². The molecule has 0 heterocycles. The molecule has 1 heteroatoms. The minimum Gasteiger partial charge on any atom is -0.313 e. The molecular weight excluding hydrogens is 194 g/mol. The third-order valence-electron chi connectivity index (χ3n) is 3.96. The molecule has 0 spiro atoms. The van der Waals surface area contributed by atoms with Crippen LogP contribution in [-0.4, -0.2) is 7.05 Å². The lowest BCUT2D eigenvalue weighted by atomic mass is 9.91. The van der Waals surface area contributed by atoms with Crippen molar-refractivity contribution < 1.29 is 0 Å². The summed E-state index contributed by atoms with van der Waals surface area (Å²) in [5.41, 5.74) is 2.90. The Kier molecular flexibility index (Phi) is 4.00. The third-order valence-corrected chi connectivity index (χ3v) is 3.96. The molecule has 1 saturated carbocycles. The van der Waals surface area contributed by atoms with Gasteiger partial charge in [-0.3, -0.25) is 0 Å². The molecule has 0 bridgehead atoms. The Morgan fingerprint density at radius 2 is 1.94 bits per heavy atom. The maximum Gasteiger partial charge on any atom is 0.0322 e. The van der Waals surface area contributed by atoms with Crippen LogP contribution in [-0.2, 0) is 0 Å². The molecule has 1 aliphatic carbocycles. The number of hydrogen-bond donors (Lipinski definition) is 1. The van der Waals surface area contributed by atoms with Gasteiger partial charge in [0.25, 0.3) is 0 Å². The minimum absolute atomic E-state index is 0.546. The van der Waals surface area contributed by atoms with Gasteiger partial charge in [-0.25, -0.2) is 0 Å². The van der Waals surface area contributed by atoms with Crippen LogP contribution >= 0.6 is 0 Å². The lowest BCUT2D eigenvalue weighted by Crippen LogP contribution is -2.20. The Morgan fingerprint density at radius 1 is 1.25 bits per heavy atom. The normalized spacial score (nSPS) is 18.9. The average molecular weight is 217 g/mol. The summed E-state index contributed by atoms with van der Waals surface area (Å²) >= 11 is 0. The second-order valence-electron chi connectivity index (χ2n) is 5.08. The van der Waals surface area contributed by atoms with Gasteiger partial charge in [0, 0.05) is 6.04 Å². The van der Waals surface area contributed by atoms with Gasteiger partial charge in [-0.1, -0.05) is 49.9 Å². The van der Waals surface area contributed by atoms with Gasteiger partial charge in [0.05, 0.1) is 0 Å². The minimum atomic E-state index is 0.546. The Balaban J connectivity index is 2.06. The molecule has 0 aromatic heterocycles. The highest BCUT2D eigenvalue weighted by atomic mass is 14.9. The molecule has 1 N–H and O–H groups in total. The first-order valence-corrected chi connectivity index (χ1v) is 6.54. The first-order valence-electron chi connectivity index (χ1n) is 6.54. The first kappa shape index (κ1) is 11.7. The van der Waals surface area contributed by atoms with Crippen molar-refractivity contribution in [2.45, 2.75) is 45.1 Å². The largest absolute Gasteiger partial charge is 0.313 e. The van der Waals surface area contributed by atoms with Gasteiger partial charge in [0.1, 0.15) is 0 Å². The van der Waals surface area contributed by atoms with Crippen LogP contribution in [0.2, 0.25) is 0 Å². The topological polar surface area (TPSA) is 12.0 Å². The van der Waals surface area contributed by atoms with Crippen molar-refractivity contribution in [3.63, 3.8) is 0 Å². The molecular formula is C15H23N. The fraction of sp³-hybridized carbons (Fsp3) is 0.600. The highest BCUT2D eigenvalue weighted by molar-refractivity contribution is 5.28. The Morgan fingerprint density at radius 3 is 2.56 bits per heavy atom. The van der Waals surface area contributed by atoms with E-state index in [2.05, 4.69) is 43.6 Å². The van der Waals surface area contributed by atoms with Crippen LogP contribution in [0.4, 0.5) is 0 Å². The molecule has 1 fully saturated rings. The fourth-order valence-corrected chi connectivity index (χ4v) is 2.96. The van der Waals surface area contributed by atoms with Gasteiger partial charge in [-0.2, -0.15) is 0 Å². The summed E-state index contributed by atoms with van der Waals surface area (Å²) in [4.78, 5) is 0. The average Bonchev–Trinajstić information content (AvgIpc) is 2.80. The van der Waals surface area contributed by atoms with Crippen molar-refractivity contribution in [2.75, 3.05) is 7.05 Å². The summed E-state index contributed by atoms with van der Waals surface area (Å²) in [6.45, 7) is 2.22. The molecule has 0 amide bonds. The summed E-state index contributed by atoms with van der Waals surface area (Å²) < 4.78 is 0. The molecule has 16 heavy (non-hydrogen) atoms. The quantitative estimate of drug-likeness (QED) is 0.808. The van der Waals surface area contributed by atoms with Crippen LogP contribution in [0.1, 0.15) is 49.3 Å². The van der Waals surface area contributed by atoms with Crippen LogP contribution in [0, 0.1) is 12.8 Å². The lowest BCUT2D eigenvalue weighted by Gasteiger charge is -2.22. The Labute approximate surface area is 99.3 Å². The second-order valence-corrected chi connectivity index (χ2v) is 5.08. The van der Waals surface area contributed by atoms with Gasteiger partial charge >= 0.3 is 0 Å². The van der Waals surface area contributed by atoms with Gasteiger partial charge in [-0.15, -0.1) is 0 Å². The number of rotatable bonds is 4. The van der Waals surface area contributed by atoms with Crippen LogP contribution in [0.5, 0.6) is 0 Å². The number of benzene rings is 1. The molecule has 0 saturated heterocycles. The van der Waals surface area contributed by atoms with Gasteiger partial charge in [0.15, 0.2) is 0 Å². The van der Waals surface area contributed by atoms with Crippen molar-refractivity contribution in [3.8, 4) is 0 Å². The molecule has 0 radical (unpaired) electrons. The molecule has 1 aliphatic rings. The van der Waals surface area contributed by atoms with E-state index in [1.807, 2.05) is 0 Å². The van der Waals surface area contributed by atoms with E-state index in [-0.39, 0.29) is 0 Å². The van der Waals surface area contributed by atoms with Crippen LogP contribution in [0.15, 0.2) is 24.3 Å². The summed E-state index contributed by atoms with van der Waals surface area (Å²) in [6.07, 6.45) is 7.05. The maximum absolute atomic E-state index is 3.49. The van der Waals surface area contributed by atoms with Gasteiger partial charge in [-0.05, 0) is 37.4 Å². The third kappa shape index (κ3) is 2.65. The molecule has 1 nitrogen and oxygen atoms in total. The van der Waals surface area contributed by atoms with Crippen LogP contribution in [0.3, 0.4) is 0 Å². The molecule has 1 aromatic carbocycles. The Hall–Kier alpha value is -0.820. The van der Waals surface area contributed by atoms with Crippen molar-refractivity contribution in [3.05, 3.63) is 35.4 Å². The summed E-state index contributed by atoms with van der Waals surface area (Å²) in [5.74, 6) is 0.942. The molecule has 1 aromatic rings. The lowest BCUT2D eigenvalue weighted by molar-refractivity contribution is 0.412. The Bertz CT molecular complexity index is 326. The molecule has 2 rings (SSSR count). The van der Waals surface area contributed by atoms with E-state index in [0.717, 1.165) is 5.92 Å². The highest BCUT2D eigenvalue weighted by Crippen LogP contribution is 2.33. The molecule has 0 aliphatic heterocycles. The van der Waals surface area contributed by atoms with Crippen LogP contribution in [0.25, 0.3) is 0 Å². The molecule has 88 valence electrons. The van der Waals surface area contributed by atoms with E-state index in [1.165, 1.54) is 43.2 Å². The van der Waals surface area contributed by atoms with Gasteiger partial charge < -0.3 is 5.32 Å². The number of hydrogen-bond acceptors (Lipinski definition) is 1. The van der Waals surface area contributed by atoms with E-state index in [1.54, 1.807) is 0 Å². The second kappa shape index (κ2) is 5.49. The van der Waals surface area contributed by atoms with Gasteiger partial charge in [0.2, 0.25) is 0 Å². The zero-order valence-electron chi connectivity index (χ0n) is 10.5. The summed E-state index contributed by atoms with van der Waals surface area (Å²) in [5, 5.41) is 3.49. The monoisotopic (exact) mass is 217 g/mol.